The van der Waals surface area contributed by atoms with Crippen molar-refractivity contribution < 1.29 is 4.39 Å². The maximum Gasteiger partial charge on any atom is 0.119 e. The van der Waals surface area contributed by atoms with Gasteiger partial charge in [-0.1, -0.05) is 0 Å². The average Bonchev–Trinajstić information content (AvgIpc) is 2.07. The first-order valence-electron chi connectivity index (χ1n) is 3.73. The summed E-state index contributed by atoms with van der Waals surface area (Å²) >= 11 is 0. The topological polar surface area (TPSA) is 12.0 Å². The zero-order valence-electron chi connectivity index (χ0n) is 5.49. The van der Waals surface area contributed by atoms with E-state index in [0.29, 0.717) is 0 Å². The molecule has 2 rings (SSSR count). The van der Waals surface area contributed by atoms with Crippen molar-refractivity contribution in [1.82, 2.24) is 5.32 Å². The predicted octanol–water partition coefficient (Wildman–Crippen LogP) is 1.24. The van der Waals surface area contributed by atoms with Gasteiger partial charge in [0.05, 0.1) is 0 Å². The summed E-state index contributed by atoms with van der Waals surface area (Å²) in [6, 6.07) is 0. The van der Waals surface area contributed by atoms with Gasteiger partial charge < -0.3 is 5.32 Å². The van der Waals surface area contributed by atoms with Crippen LogP contribution >= 0.6 is 0 Å². The molecule has 1 N–H and O–H groups in total. The highest BCUT2D eigenvalue weighted by Gasteiger charge is 2.47. The third-order valence-corrected chi connectivity index (χ3v) is 2.72. The van der Waals surface area contributed by atoms with Crippen molar-refractivity contribution in [3.05, 3.63) is 0 Å². The van der Waals surface area contributed by atoms with Crippen molar-refractivity contribution in [1.29, 1.82) is 0 Å². The minimum absolute atomic E-state index is 0.0417. The summed E-state index contributed by atoms with van der Waals surface area (Å²) in [6.07, 6.45) is 3.53. The maximum absolute atomic E-state index is 13.0. The molecular formula is C7H12FN. The molecule has 1 atom stereocenters. The fraction of sp³-hybridized carbons (Fsp3) is 1.00. The Kier molecular flexibility index (Phi) is 1.06. The van der Waals surface area contributed by atoms with Crippen molar-refractivity contribution in [3.8, 4) is 0 Å². The summed E-state index contributed by atoms with van der Waals surface area (Å²) in [7, 11) is 0. The Morgan fingerprint density at radius 2 is 2.22 bits per heavy atom. The second-order valence-corrected chi connectivity index (χ2v) is 3.19. The molecule has 1 aliphatic carbocycles. The fourth-order valence-electron chi connectivity index (χ4n) is 1.88. The predicted molar refractivity (Wildman–Crippen MR) is 34.1 cm³/mol. The van der Waals surface area contributed by atoms with Crippen LogP contribution in [0.2, 0.25) is 0 Å². The Hall–Kier alpha value is -0.110. The normalized spacial score (nSPS) is 39.0. The largest absolute Gasteiger partial charge is 0.309 e. The molecule has 1 nitrogen and oxygen atoms in total. The van der Waals surface area contributed by atoms with Crippen LogP contribution in [0, 0.1) is 0 Å². The highest BCUT2D eigenvalue weighted by molar-refractivity contribution is 5.05. The number of hydrogen-bond donors (Lipinski definition) is 1. The molecule has 2 fully saturated rings. The van der Waals surface area contributed by atoms with Gasteiger partial charge in [0.2, 0.25) is 0 Å². The van der Waals surface area contributed by atoms with Crippen molar-refractivity contribution in [2.45, 2.75) is 37.4 Å². The average molecular weight is 129 g/mol. The minimum atomic E-state index is -0.550. The van der Waals surface area contributed by atoms with Crippen molar-refractivity contribution in [2.24, 2.45) is 0 Å². The summed E-state index contributed by atoms with van der Waals surface area (Å²) in [4.78, 5) is 0. The van der Waals surface area contributed by atoms with Crippen molar-refractivity contribution in [3.63, 3.8) is 0 Å². The Morgan fingerprint density at radius 1 is 1.44 bits per heavy atom. The molecule has 2 aliphatic rings. The van der Waals surface area contributed by atoms with Crippen molar-refractivity contribution in [2.75, 3.05) is 6.54 Å². The van der Waals surface area contributed by atoms with E-state index < -0.39 is 6.17 Å². The van der Waals surface area contributed by atoms with Gasteiger partial charge in [-0.2, -0.15) is 0 Å². The fourth-order valence-corrected chi connectivity index (χ4v) is 1.88. The summed E-state index contributed by atoms with van der Waals surface area (Å²) in [6.45, 7) is 0.890. The summed E-state index contributed by atoms with van der Waals surface area (Å²) in [5.41, 5.74) is -0.0417. The molecular weight excluding hydrogens is 117 g/mol. The van der Waals surface area contributed by atoms with E-state index in [9.17, 15) is 4.39 Å². The smallest absolute Gasteiger partial charge is 0.119 e. The first kappa shape index (κ1) is 5.66. The Bertz CT molecular complexity index is 120. The van der Waals surface area contributed by atoms with Crippen LogP contribution in [-0.4, -0.2) is 18.3 Å². The van der Waals surface area contributed by atoms with Crippen LogP contribution in [0.4, 0.5) is 4.39 Å². The number of halogens is 1. The highest BCUT2D eigenvalue weighted by atomic mass is 19.1. The number of hydrogen-bond acceptors (Lipinski definition) is 1. The third kappa shape index (κ3) is 0.627. The summed E-state index contributed by atoms with van der Waals surface area (Å²) in [5.74, 6) is 0. The zero-order chi connectivity index (χ0) is 6.32. The molecule has 52 valence electrons. The van der Waals surface area contributed by atoms with E-state index >= 15 is 0 Å². The van der Waals surface area contributed by atoms with Gasteiger partial charge in [0, 0.05) is 5.54 Å². The lowest BCUT2D eigenvalue weighted by Crippen LogP contribution is -2.51. The molecule has 9 heavy (non-hydrogen) atoms. The summed E-state index contributed by atoms with van der Waals surface area (Å²) in [5, 5.41) is 3.24. The van der Waals surface area contributed by atoms with E-state index in [0.717, 1.165) is 25.8 Å². The number of alkyl halides is 1. The quantitative estimate of drug-likeness (QED) is 0.519. The van der Waals surface area contributed by atoms with E-state index in [1.807, 2.05) is 0 Å². The van der Waals surface area contributed by atoms with Crippen LogP contribution in [0.3, 0.4) is 0 Å². The van der Waals surface area contributed by atoms with Gasteiger partial charge in [0.1, 0.15) is 6.17 Å². The minimum Gasteiger partial charge on any atom is -0.309 e. The second-order valence-electron chi connectivity index (χ2n) is 3.19. The van der Waals surface area contributed by atoms with Crippen LogP contribution in [-0.2, 0) is 0 Å². The molecule has 2 heteroatoms. The van der Waals surface area contributed by atoms with Crippen LogP contribution < -0.4 is 5.32 Å². The van der Waals surface area contributed by atoms with Crippen LogP contribution in [0.15, 0.2) is 0 Å². The van der Waals surface area contributed by atoms with E-state index in [1.54, 1.807) is 0 Å². The molecule has 0 radical (unpaired) electrons. The molecule has 0 bridgehead atoms. The van der Waals surface area contributed by atoms with Gasteiger partial charge in [-0.15, -0.1) is 0 Å². The molecule has 0 aromatic rings. The van der Waals surface area contributed by atoms with Crippen LogP contribution in [0.1, 0.15) is 25.7 Å². The lowest BCUT2D eigenvalue weighted by atomic mass is 9.75. The highest BCUT2D eigenvalue weighted by Crippen LogP contribution is 2.40. The maximum atomic E-state index is 13.0. The lowest BCUT2D eigenvalue weighted by molar-refractivity contribution is 0.113. The van der Waals surface area contributed by atoms with E-state index in [1.165, 1.54) is 6.42 Å². The lowest BCUT2D eigenvalue weighted by Gasteiger charge is -2.40. The van der Waals surface area contributed by atoms with E-state index in [2.05, 4.69) is 5.32 Å². The Balaban J connectivity index is 2.09. The number of rotatable bonds is 0. The van der Waals surface area contributed by atoms with Gasteiger partial charge in [0.25, 0.3) is 0 Å². The Labute approximate surface area is 54.6 Å². The van der Waals surface area contributed by atoms with E-state index in [4.69, 9.17) is 0 Å². The molecule has 1 unspecified atom stereocenters. The molecule has 1 saturated heterocycles. The van der Waals surface area contributed by atoms with Gasteiger partial charge in [-0.25, -0.2) is 4.39 Å². The molecule has 0 aromatic heterocycles. The van der Waals surface area contributed by atoms with Crippen molar-refractivity contribution >= 4 is 0 Å². The second kappa shape index (κ2) is 1.69. The zero-order valence-corrected chi connectivity index (χ0v) is 5.49. The molecule has 0 aromatic carbocycles. The van der Waals surface area contributed by atoms with Gasteiger partial charge in [-0.05, 0) is 32.2 Å². The summed E-state index contributed by atoms with van der Waals surface area (Å²) < 4.78 is 13.0. The molecule has 1 saturated carbocycles. The van der Waals surface area contributed by atoms with Crippen LogP contribution in [0.25, 0.3) is 0 Å². The third-order valence-electron chi connectivity index (χ3n) is 2.72. The monoisotopic (exact) mass is 129 g/mol. The van der Waals surface area contributed by atoms with E-state index in [-0.39, 0.29) is 5.54 Å². The first-order chi connectivity index (χ1) is 4.33. The molecule has 1 heterocycles. The van der Waals surface area contributed by atoms with Gasteiger partial charge in [-0.3, -0.25) is 0 Å². The SMILES string of the molecule is FC1CCNC12CCC2. The number of nitrogens with one attached hydrogen (secondary N) is 1. The molecule has 1 aliphatic heterocycles. The first-order valence-corrected chi connectivity index (χ1v) is 3.73. The van der Waals surface area contributed by atoms with Crippen LogP contribution in [0.5, 0.6) is 0 Å². The van der Waals surface area contributed by atoms with Gasteiger partial charge >= 0.3 is 0 Å². The standard InChI is InChI=1S/C7H12FN/c8-6-2-5-9-7(6)3-1-4-7/h6,9H,1-5H2. The Morgan fingerprint density at radius 3 is 2.44 bits per heavy atom. The van der Waals surface area contributed by atoms with Gasteiger partial charge in [0.15, 0.2) is 0 Å². The molecule has 1 spiro atoms. The molecule has 0 amide bonds.